The van der Waals surface area contributed by atoms with Crippen LogP contribution in [-0.4, -0.2) is 75.7 Å². The van der Waals surface area contributed by atoms with E-state index in [-0.39, 0.29) is 83.6 Å². The van der Waals surface area contributed by atoms with Crippen molar-refractivity contribution >= 4 is 24.4 Å². The molecule has 4 fully saturated rings. The van der Waals surface area contributed by atoms with Crippen LogP contribution in [0.1, 0.15) is 80.1 Å². The van der Waals surface area contributed by atoms with Crippen LogP contribution in [0.3, 0.4) is 0 Å². The largest absolute Gasteiger partial charge is 0.462 e. The van der Waals surface area contributed by atoms with Crippen molar-refractivity contribution in [2.24, 2.45) is 52.3 Å². The van der Waals surface area contributed by atoms with E-state index >= 15 is 0 Å². The number of fused-ring (bicyclic) bond motifs is 5. The molecule has 0 aromatic rings. The number of hydrogen-bond donors (Lipinski definition) is 0. The van der Waals surface area contributed by atoms with Gasteiger partial charge in [0.1, 0.15) is 24.4 Å². The van der Waals surface area contributed by atoms with Crippen molar-refractivity contribution in [1.82, 2.24) is 0 Å². The Kier molecular flexibility index (Phi) is 10.4. The third kappa shape index (κ3) is 6.25. The van der Waals surface area contributed by atoms with E-state index in [1.54, 1.807) is 26.4 Å². The molecule has 0 bridgehead atoms. The van der Waals surface area contributed by atoms with Gasteiger partial charge in [-0.05, 0) is 72.2 Å². The Hall–Kier alpha value is -3.02. The van der Waals surface area contributed by atoms with Crippen LogP contribution in [0.25, 0.3) is 0 Å². The standard InChI is InChI=1S/C37H48O10.C2H6O/c1-18(2)33-23-11-27(42-17-38)31-19(3)10-21(15-37(31,6)26(23)14-29(39)45-33)47-43-16-20(4)34-24-12-28-32-22(35(41)44-28)8-7-9-36(32,5)25(24)13-30(40)46-34;1-3-2/h11,13-14,17-22,24,27-28,31-34H,7-10,12,15-16H2,1-6H3;1-2H3. The molecule has 0 aromatic carbocycles. The van der Waals surface area contributed by atoms with Gasteiger partial charge in [0, 0.05) is 55.5 Å². The lowest BCUT2D eigenvalue weighted by atomic mass is 9.51. The number of rotatable bonds is 8. The van der Waals surface area contributed by atoms with Crippen LogP contribution in [0.5, 0.6) is 0 Å². The summed E-state index contributed by atoms with van der Waals surface area (Å²) >= 11 is 0. The third-order valence-electron chi connectivity index (χ3n) is 12.8. The zero-order valence-corrected chi connectivity index (χ0v) is 30.7. The second-order valence-corrected chi connectivity index (χ2v) is 16.5. The number of carbonyl (C=O) groups excluding carboxylic acids is 4. The van der Waals surface area contributed by atoms with Crippen molar-refractivity contribution in [2.75, 3.05) is 20.8 Å². The van der Waals surface area contributed by atoms with Crippen LogP contribution in [-0.2, 0) is 52.6 Å². The summed E-state index contributed by atoms with van der Waals surface area (Å²) < 4.78 is 27.5. The molecule has 0 N–H and O–H groups in total. The monoisotopic (exact) mass is 698 g/mol. The molecule has 3 aliphatic heterocycles. The summed E-state index contributed by atoms with van der Waals surface area (Å²) in [5.74, 6) is -0.913. The maximum Gasteiger partial charge on any atom is 0.331 e. The van der Waals surface area contributed by atoms with Gasteiger partial charge in [-0.2, -0.15) is 0 Å². The third-order valence-corrected chi connectivity index (χ3v) is 12.8. The molecule has 276 valence electrons. The predicted molar refractivity (Wildman–Crippen MR) is 180 cm³/mol. The van der Waals surface area contributed by atoms with E-state index < -0.39 is 23.7 Å². The fourth-order valence-corrected chi connectivity index (χ4v) is 11.0. The van der Waals surface area contributed by atoms with Gasteiger partial charge in [0.2, 0.25) is 0 Å². The summed E-state index contributed by atoms with van der Waals surface area (Å²) in [7, 11) is 3.25. The van der Waals surface area contributed by atoms with Crippen LogP contribution in [0, 0.1) is 52.3 Å². The molecule has 11 nitrogen and oxygen atoms in total. The van der Waals surface area contributed by atoms with Gasteiger partial charge in [-0.15, -0.1) is 0 Å². The summed E-state index contributed by atoms with van der Waals surface area (Å²) in [6.07, 6.45) is 8.14. The average Bonchev–Trinajstić information content (AvgIpc) is 3.37. The van der Waals surface area contributed by atoms with E-state index in [4.69, 9.17) is 28.7 Å². The second-order valence-electron chi connectivity index (χ2n) is 16.5. The fourth-order valence-electron chi connectivity index (χ4n) is 11.0. The first kappa shape index (κ1) is 36.8. The molecule has 11 heteroatoms. The number of hydrogen-bond acceptors (Lipinski definition) is 11. The molecule has 0 aromatic heterocycles. The van der Waals surface area contributed by atoms with Crippen molar-refractivity contribution in [3.8, 4) is 0 Å². The molecule has 3 saturated carbocycles. The van der Waals surface area contributed by atoms with Crippen molar-refractivity contribution in [1.29, 1.82) is 0 Å². The normalized spacial score (nSPS) is 41.9. The van der Waals surface area contributed by atoms with E-state index in [9.17, 15) is 19.2 Å². The summed E-state index contributed by atoms with van der Waals surface area (Å²) in [6.45, 7) is 13.2. The minimum absolute atomic E-state index is 0.0472. The molecule has 7 rings (SSSR count). The first-order valence-electron chi connectivity index (χ1n) is 18.3. The lowest BCUT2D eigenvalue weighted by Crippen LogP contribution is -2.54. The number of carbonyl (C=O) groups is 4. The molecule has 7 aliphatic rings. The second kappa shape index (κ2) is 14.2. The quantitative estimate of drug-likeness (QED) is 0.105. The summed E-state index contributed by atoms with van der Waals surface area (Å²) in [4.78, 5) is 62.2. The molecule has 0 spiro atoms. The number of methoxy groups -OCH3 is 1. The van der Waals surface area contributed by atoms with Gasteiger partial charge in [0.15, 0.2) is 0 Å². The van der Waals surface area contributed by atoms with Crippen molar-refractivity contribution < 1.29 is 52.6 Å². The highest BCUT2D eigenvalue weighted by molar-refractivity contribution is 5.87. The molecule has 3 heterocycles. The molecular formula is C39H54O11. The minimum Gasteiger partial charge on any atom is -0.462 e. The van der Waals surface area contributed by atoms with Crippen LogP contribution in [0.2, 0.25) is 0 Å². The predicted octanol–water partition coefficient (Wildman–Crippen LogP) is 5.46. The van der Waals surface area contributed by atoms with Crippen LogP contribution >= 0.6 is 0 Å². The van der Waals surface area contributed by atoms with E-state index in [0.29, 0.717) is 25.7 Å². The fraction of sp³-hybridized carbons (Fsp3) is 0.744. The van der Waals surface area contributed by atoms with Crippen molar-refractivity contribution in [3.63, 3.8) is 0 Å². The first-order valence-corrected chi connectivity index (χ1v) is 18.3. The van der Waals surface area contributed by atoms with E-state index in [0.717, 1.165) is 36.0 Å². The summed E-state index contributed by atoms with van der Waals surface area (Å²) in [5, 5.41) is 0. The topological polar surface area (TPSA) is 133 Å². The Morgan fingerprint density at radius 3 is 2.38 bits per heavy atom. The molecular weight excluding hydrogens is 644 g/mol. The summed E-state index contributed by atoms with van der Waals surface area (Å²) in [6, 6.07) is 0. The maximum absolute atomic E-state index is 13.0. The molecule has 1 saturated heterocycles. The zero-order chi connectivity index (χ0) is 36.1. The summed E-state index contributed by atoms with van der Waals surface area (Å²) in [5.41, 5.74) is 2.13. The molecule has 4 aliphatic carbocycles. The van der Waals surface area contributed by atoms with Gasteiger partial charge < -0.3 is 23.7 Å². The minimum atomic E-state index is -0.523. The Morgan fingerprint density at radius 1 is 0.960 bits per heavy atom. The lowest BCUT2D eigenvalue weighted by molar-refractivity contribution is -0.345. The molecule has 50 heavy (non-hydrogen) atoms. The van der Waals surface area contributed by atoms with Gasteiger partial charge in [0.05, 0.1) is 18.6 Å². The number of cyclic esters (lactones) is 2. The highest BCUT2D eigenvalue weighted by Gasteiger charge is 2.63. The van der Waals surface area contributed by atoms with Crippen LogP contribution in [0.15, 0.2) is 34.9 Å². The van der Waals surface area contributed by atoms with Crippen LogP contribution in [0.4, 0.5) is 0 Å². The Morgan fingerprint density at radius 2 is 1.68 bits per heavy atom. The zero-order valence-electron chi connectivity index (χ0n) is 30.7. The Bertz CT molecular complexity index is 1450. The molecule has 0 amide bonds. The SMILES string of the molecule is CC(C)C1OC(=O)C=C2C1=CC(OC=O)C1C(C)CC(OOCC(C)C3OC(=O)C=C4C3CC3OC(=O)C5CCCC4(C)C35)CC21C.COC. The molecule has 13 unspecified atom stereocenters. The highest BCUT2D eigenvalue weighted by Crippen LogP contribution is 2.62. The smallest absolute Gasteiger partial charge is 0.331 e. The van der Waals surface area contributed by atoms with Crippen molar-refractivity contribution in [3.05, 3.63) is 34.9 Å². The van der Waals surface area contributed by atoms with Gasteiger partial charge in [0.25, 0.3) is 6.47 Å². The molecule has 13 atom stereocenters. The Labute approximate surface area is 295 Å². The first-order chi connectivity index (χ1) is 23.8. The number of ether oxygens (including phenoxy) is 5. The van der Waals surface area contributed by atoms with Crippen LogP contribution < -0.4 is 0 Å². The average molecular weight is 699 g/mol. The van der Waals surface area contributed by atoms with Crippen molar-refractivity contribution in [2.45, 2.75) is 111 Å². The molecule has 0 radical (unpaired) electrons. The van der Waals surface area contributed by atoms with E-state index in [2.05, 4.69) is 25.5 Å². The Balaban J connectivity index is 0.00000139. The number of esters is 3. The van der Waals surface area contributed by atoms with Gasteiger partial charge >= 0.3 is 17.9 Å². The van der Waals surface area contributed by atoms with E-state index in [1.165, 1.54) is 0 Å². The van der Waals surface area contributed by atoms with Gasteiger partial charge in [-0.3, -0.25) is 9.59 Å². The van der Waals surface area contributed by atoms with Gasteiger partial charge in [-0.25, -0.2) is 19.4 Å². The maximum atomic E-state index is 13.0. The van der Waals surface area contributed by atoms with E-state index in [1.807, 2.05) is 26.8 Å². The van der Waals surface area contributed by atoms with Gasteiger partial charge in [-0.1, -0.05) is 48.0 Å². The highest BCUT2D eigenvalue weighted by atomic mass is 17.2. The lowest BCUT2D eigenvalue weighted by Gasteiger charge is -2.55.